The van der Waals surface area contributed by atoms with Crippen molar-refractivity contribution in [1.82, 2.24) is 0 Å². The van der Waals surface area contributed by atoms with E-state index in [9.17, 15) is 0 Å². The summed E-state index contributed by atoms with van der Waals surface area (Å²) in [5, 5.41) is 3.31. The zero-order chi connectivity index (χ0) is 15.4. The summed E-state index contributed by atoms with van der Waals surface area (Å²) in [7, 11) is 1.80. The first-order valence-corrected chi connectivity index (χ1v) is 8.48. The number of benzene rings is 1. The number of methoxy groups -OCH3 is 1. The highest BCUT2D eigenvalue weighted by Gasteiger charge is 2.26. The number of hydrogen-bond donors (Lipinski definition) is 2. The second-order valence-corrected chi connectivity index (χ2v) is 6.47. The zero-order valence-corrected chi connectivity index (χ0v) is 13.5. The van der Waals surface area contributed by atoms with Gasteiger partial charge in [0, 0.05) is 25.3 Å². The average molecular weight is 301 g/mol. The molecule has 0 heterocycles. The minimum absolute atomic E-state index is 0.348. The van der Waals surface area contributed by atoms with Crippen LogP contribution in [0.1, 0.15) is 43.2 Å². The van der Waals surface area contributed by atoms with E-state index in [-0.39, 0.29) is 0 Å². The van der Waals surface area contributed by atoms with Crippen molar-refractivity contribution in [1.29, 1.82) is 0 Å². The Hall–Kier alpha value is -1.55. The van der Waals surface area contributed by atoms with Crippen molar-refractivity contribution >= 4 is 11.6 Å². The van der Waals surface area contributed by atoms with Gasteiger partial charge in [0.15, 0.2) is 5.96 Å². The number of aliphatic imine (C=N–C) groups is 1. The number of anilines is 1. The van der Waals surface area contributed by atoms with Crippen LogP contribution in [0, 0.1) is 5.92 Å². The lowest BCUT2D eigenvalue weighted by molar-refractivity contribution is 0.0743. The van der Waals surface area contributed by atoms with Gasteiger partial charge in [-0.3, -0.25) is 4.99 Å². The van der Waals surface area contributed by atoms with Crippen LogP contribution >= 0.6 is 0 Å². The third-order valence-corrected chi connectivity index (χ3v) is 5.05. The Bertz CT molecular complexity index is 541. The average Bonchev–Trinajstić information content (AvgIpc) is 3.01. The lowest BCUT2D eigenvalue weighted by Gasteiger charge is -2.20. The summed E-state index contributed by atoms with van der Waals surface area (Å²) in [4.78, 5) is 4.55. The summed E-state index contributed by atoms with van der Waals surface area (Å²) in [5.41, 5.74) is 10.1. The largest absolute Gasteiger partial charge is 0.381 e. The molecule has 3 rings (SSSR count). The first-order valence-electron chi connectivity index (χ1n) is 8.48. The van der Waals surface area contributed by atoms with Gasteiger partial charge in [-0.1, -0.05) is 18.6 Å². The van der Waals surface area contributed by atoms with Crippen LogP contribution in [0.15, 0.2) is 23.2 Å². The first-order chi connectivity index (χ1) is 10.8. The fraction of sp³-hybridized carbons (Fsp3) is 0.611. The molecular weight excluding hydrogens is 274 g/mol. The Balaban J connectivity index is 1.64. The van der Waals surface area contributed by atoms with Crippen molar-refractivity contribution in [2.45, 2.75) is 51.0 Å². The van der Waals surface area contributed by atoms with E-state index in [1.165, 1.54) is 43.2 Å². The lowest BCUT2D eigenvalue weighted by Crippen LogP contribution is -2.26. The Morgan fingerprint density at radius 3 is 3.00 bits per heavy atom. The second-order valence-electron chi connectivity index (χ2n) is 6.47. The fourth-order valence-electron chi connectivity index (χ4n) is 3.81. The fourth-order valence-corrected chi connectivity index (χ4v) is 3.81. The summed E-state index contributed by atoms with van der Waals surface area (Å²) in [6.07, 6.45) is 8.80. The van der Waals surface area contributed by atoms with Gasteiger partial charge in [-0.05, 0) is 55.7 Å². The molecule has 2 unspecified atom stereocenters. The van der Waals surface area contributed by atoms with Crippen LogP contribution in [0.25, 0.3) is 0 Å². The monoisotopic (exact) mass is 301 g/mol. The molecule has 0 aromatic heterocycles. The second kappa shape index (κ2) is 7.14. The highest BCUT2D eigenvalue weighted by atomic mass is 16.5. The highest BCUT2D eigenvalue weighted by Crippen LogP contribution is 2.29. The number of nitrogens with two attached hydrogens (primary N) is 1. The topological polar surface area (TPSA) is 59.6 Å². The quantitative estimate of drug-likeness (QED) is 0.663. The van der Waals surface area contributed by atoms with Crippen LogP contribution in [-0.4, -0.2) is 25.7 Å². The summed E-state index contributed by atoms with van der Waals surface area (Å²) in [6.45, 7) is 0.756. The molecule has 0 spiro atoms. The van der Waals surface area contributed by atoms with Crippen LogP contribution in [0.2, 0.25) is 0 Å². The van der Waals surface area contributed by atoms with Crippen LogP contribution in [-0.2, 0) is 17.6 Å². The predicted molar refractivity (Wildman–Crippen MR) is 91.3 cm³/mol. The molecule has 0 amide bonds. The van der Waals surface area contributed by atoms with Gasteiger partial charge >= 0.3 is 0 Å². The van der Waals surface area contributed by atoms with Crippen LogP contribution in [0.5, 0.6) is 0 Å². The van der Waals surface area contributed by atoms with E-state index in [2.05, 4.69) is 28.5 Å². The number of nitrogens with one attached hydrogen (secondary N) is 1. The van der Waals surface area contributed by atoms with Crippen molar-refractivity contribution < 1.29 is 4.74 Å². The molecule has 120 valence electrons. The summed E-state index contributed by atoms with van der Waals surface area (Å²) in [6, 6.07) is 6.45. The number of aryl methyl sites for hydroxylation is 1. The van der Waals surface area contributed by atoms with Gasteiger partial charge in [-0.25, -0.2) is 0 Å². The summed E-state index contributed by atoms with van der Waals surface area (Å²) in [5.74, 6) is 1.04. The predicted octanol–water partition coefficient (Wildman–Crippen LogP) is 3.11. The third-order valence-electron chi connectivity index (χ3n) is 5.05. The van der Waals surface area contributed by atoms with E-state index in [4.69, 9.17) is 10.5 Å². The number of fused-ring (bicyclic) bond motifs is 1. The van der Waals surface area contributed by atoms with Crippen molar-refractivity contribution in [2.24, 2.45) is 16.6 Å². The van der Waals surface area contributed by atoms with E-state index in [1.54, 1.807) is 7.11 Å². The Kier molecular flexibility index (Phi) is 4.98. The minimum Gasteiger partial charge on any atom is -0.381 e. The van der Waals surface area contributed by atoms with Gasteiger partial charge in [-0.2, -0.15) is 0 Å². The third kappa shape index (κ3) is 3.43. The molecule has 0 saturated heterocycles. The van der Waals surface area contributed by atoms with Gasteiger partial charge in [0.05, 0.1) is 6.10 Å². The number of rotatable bonds is 4. The molecule has 3 N–H and O–H groups in total. The number of nitrogens with zero attached hydrogens (tertiary/aromatic N) is 1. The van der Waals surface area contributed by atoms with Crippen molar-refractivity contribution in [3.8, 4) is 0 Å². The van der Waals surface area contributed by atoms with Gasteiger partial charge in [-0.15, -0.1) is 0 Å². The Morgan fingerprint density at radius 1 is 1.27 bits per heavy atom. The zero-order valence-electron chi connectivity index (χ0n) is 13.5. The standard InChI is InChI=1S/C18H27N3O/c1-22-17-11-5-8-14(17)12-20-18(19)21-16-10-4-7-13-6-2-3-9-15(13)16/h4,7,10,14,17H,2-3,5-6,8-9,11-12H2,1H3,(H3,19,20,21). The van der Waals surface area contributed by atoms with E-state index >= 15 is 0 Å². The molecule has 1 aromatic rings. The normalized spacial score (nSPS) is 25.0. The van der Waals surface area contributed by atoms with E-state index < -0.39 is 0 Å². The molecular formula is C18H27N3O. The van der Waals surface area contributed by atoms with Crippen LogP contribution in [0.4, 0.5) is 5.69 Å². The van der Waals surface area contributed by atoms with Crippen molar-refractivity contribution in [3.05, 3.63) is 29.3 Å². The molecule has 1 saturated carbocycles. The molecule has 22 heavy (non-hydrogen) atoms. The molecule has 1 aromatic carbocycles. The minimum atomic E-state index is 0.348. The SMILES string of the molecule is COC1CCCC1CN=C(N)Nc1cccc2c1CCCC2. The molecule has 4 heteroatoms. The molecule has 2 atom stereocenters. The van der Waals surface area contributed by atoms with Crippen molar-refractivity contribution in [2.75, 3.05) is 19.0 Å². The number of hydrogen-bond acceptors (Lipinski definition) is 2. The van der Waals surface area contributed by atoms with Gasteiger partial charge in [0.1, 0.15) is 0 Å². The van der Waals surface area contributed by atoms with E-state index in [0.29, 0.717) is 18.0 Å². The maximum absolute atomic E-state index is 6.10. The summed E-state index contributed by atoms with van der Waals surface area (Å²) < 4.78 is 5.52. The smallest absolute Gasteiger partial charge is 0.193 e. The maximum atomic E-state index is 6.10. The van der Waals surface area contributed by atoms with Gasteiger partial charge in [0.2, 0.25) is 0 Å². The lowest BCUT2D eigenvalue weighted by atomic mass is 9.90. The van der Waals surface area contributed by atoms with Crippen LogP contribution < -0.4 is 11.1 Å². The van der Waals surface area contributed by atoms with Gasteiger partial charge in [0.25, 0.3) is 0 Å². The number of guanidine groups is 1. The summed E-state index contributed by atoms with van der Waals surface area (Å²) >= 11 is 0. The number of ether oxygens (including phenoxy) is 1. The molecule has 2 aliphatic rings. The molecule has 1 fully saturated rings. The molecule has 0 radical (unpaired) electrons. The molecule has 4 nitrogen and oxygen atoms in total. The first kappa shape index (κ1) is 15.3. The maximum Gasteiger partial charge on any atom is 0.193 e. The Morgan fingerprint density at radius 2 is 2.14 bits per heavy atom. The van der Waals surface area contributed by atoms with Crippen LogP contribution in [0.3, 0.4) is 0 Å². The van der Waals surface area contributed by atoms with E-state index in [1.807, 2.05) is 0 Å². The molecule has 0 bridgehead atoms. The Labute approximate surface area is 133 Å². The molecule has 0 aliphatic heterocycles. The highest BCUT2D eigenvalue weighted by molar-refractivity contribution is 5.93. The molecule has 2 aliphatic carbocycles. The van der Waals surface area contributed by atoms with Crippen molar-refractivity contribution in [3.63, 3.8) is 0 Å². The van der Waals surface area contributed by atoms with E-state index in [0.717, 1.165) is 25.1 Å². The van der Waals surface area contributed by atoms with Gasteiger partial charge < -0.3 is 15.8 Å².